The quantitative estimate of drug-likeness (QED) is 0.660. The highest BCUT2D eigenvalue weighted by molar-refractivity contribution is 4.73. The molecule has 0 unspecified atom stereocenters. The highest BCUT2D eigenvalue weighted by Crippen LogP contribution is 2.08. The van der Waals surface area contributed by atoms with E-state index in [9.17, 15) is 5.21 Å². The average molecular weight is 185 g/mol. The van der Waals surface area contributed by atoms with Crippen LogP contribution >= 0.6 is 0 Å². The minimum absolute atomic E-state index is 0.599. The van der Waals surface area contributed by atoms with Gasteiger partial charge in [-0.1, -0.05) is 19.8 Å². The Morgan fingerprint density at radius 2 is 2.00 bits per heavy atom. The lowest BCUT2D eigenvalue weighted by atomic mass is 10.1. The molecule has 1 heterocycles. The number of hydroxylamine groups is 2. The fourth-order valence-corrected chi connectivity index (χ4v) is 1.74. The third kappa shape index (κ3) is 4.60. The Morgan fingerprint density at radius 3 is 2.62 bits per heavy atom. The van der Waals surface area contributed by atoms with Gasteiger partial charge in [0.2, 0.25) is 0 Å². The van der Waals surface area contributed by atoms with Crippen LogP contribution in [0.2, 0.25) is 0 Å². The van der Waals surface area contributed by atoms with Gasteiger partial charge in [-0.15, -0.1) is 5.21 Å². The molecule has 0 bridgehead atoms. The van der Waals surface area contributed by atoms with E-state index >= 15 is 0 Å². The summed E-state index contributed by atoms with van der Waals surface area (Å²) in [4.78, 5) is 0. The van der Waals surface area contributed by atoms with Crippen LogP contribution in [0.5, 0.6) is 0 Å². The van der Waals surface area contributed by atoms with Crippen molar-refractivity contribution in [1.29, 1.82) is 0 Å². The molecular weight excluding hydrogens is 164 g/mol. The summed E-state index contributed by atoms with van der Waals surface area (Å²) in [7, 11) is 0. The first-order chi connectivity index (χ1) is 6.33. The molecule has 3 nitrogen and oxygen atoms in total. The van der Waals surface area contributed by atoms with Gasteiger partial charge in [0.25, 0.3) is 0 Å². The maximum absolute atomic E-state index is 10.9. The highest BCUT2D eigenvalue weighted by Gasteiger charge is 2.17. The van der Waals surface area contributed by atoms with Gasteiger partial charge in [0, 0.05) is 19.1 Å². The maximum Gasteiger partial charge on any atom is 0.0286 e. The molecular formula is C10H21N2O. The van der Waals surface area contributed by atoms with Crippen molar-refractivity contribution < 1.29 is 5.21 Å². The summed E-state index contributed by atoms with van der Waals surface area (Å²) < 4.78 is 0. The minimum atomic E-state index is 0.599. The molecule has 77 valence electrons. The lowest BCUT2D eigenvalue weighted by Crippen LogP contribution is -2.40. The first-order valence-electron chi connectivity index (χ1n) is 5.48. The van der Waals surface area contributed by atoms with Crippen LogP contribution in [0.1, 0.15) is 39.0 Å². The lowest BCUT2D eigenvalue weighted by Gasteiger charge is -2.26. The number of nitrogens with zero attached hydrogens (tertiary/aromatic N) is 1. The molecule has 0 aromatic carbocycles. The summed E-state index contributed by atoms with van der Waals surface area (Å²) in [6.07, 6.45) is 5.91. The van der Waals surface area contributed by atoms with Crippen molar-refractivity contribution >= 4 is 0 Å². The number of hydrogen-bond acceptors (Lipinski definition) is 2. The molecule has 1 N–H and O–H groups in total. The average Bonchev–Trinajstić information content (AvgIpc) is 2.15. The van der Waals surface area contributed by atoms with E-state index < -0.39 is 0 Å². The minimum Gasteiger partial charge on any atom is -0.314 e. The second-order valence-corrected chi connectivity index (χ2v) is 3.86. The molecule has 1 radical (unpaired) electrons. The van der Waals surface area contributed by atoms with E-state index in [1.165, 1.54) is 24.3 Å². The zero-order valence-corrected chi connectivity index (χ0v) is 8.59. The predicted octanol–water partition coefficient (Wildman–Crippen LogP) is 1.58. The Labute approximate surface area is 81.1 Å². The van der Waals surface area contributed by atoms with Gasteiger partial charge >= 0.3 is 0 Å². The van der Waals surface area contributed by atoms with E-state index in [1.54, 1.807) is 0 Å². The number of rotatable bonds is 5. The summed E-state index contributed by atoms with van der Waals surface area (Å²) >= 11 is 0. The molecule has 1 rings (SSSR count). The van der Waals surface area contributed by atoms with Crippen LogP contribution < -0.4 is 5.32 Å². The van der Waals surface area contributed by atoms with Crippen LogP contribution in [0.3, 0.4) is 0 Å². The first kappa shape index (κ1) is 11.0. The van der Waals surface area contributed by atoms with Crippen LogP contribution in [-0.2, 0) is 5.21 Å². The molecule has 1 saturated heterocycles. The van der Waals surface area contributed by atoms with Crippen molar-refractivity contribution in [2.75, 3.05) is 19.6 Å². The fourth-order valence-electron chi connectivity index (χ4n) is 1.74. The van der Waals surface area contributed by atoms with E-state index in [2.05, 4.69) is 12.2 Å². The molecule has 13 heavy (non-hydrogen) atoms. The Balaban J connectivity index is 1.96. The first-order valence-corrected chi connectivity index (χ1v) is 5.48. The van der Waals surface area contributed by atoms with Gasteiger partial charge in [0.15, 0.2) is 0 Å². The van der Waals surface area contributed by atoms with Crippen LogP contribution in [0.25, 0.3) is 0 Å². The largest absolute Gasteiger partial charge is 0.314 e. The topological polar surface area (TPSA) is 35.2 Å². The number of hydrogen-bond donors (Lipinski definition) is 1. The van der Waals surface area contributed by atoms with Gasteiger partial charge in [0.1, 0.15) is 0 Å². The van der Waals surface area contributed by atoms with Gasteiger partial charge in [0.05, 0.1) is 0 Å². The van der Waals surface area contributed by atoms with E-state index in [0.717, 1.165) is 19.4 Å². The molecule has 0 atom stereocenters. The van der Waals surface area contributed by atoms with Crippen LogP contribution in [0.15, 0.2) is 0 Å². The predicted molar refractivity (Wildman–Crippen MR) is 52.8 cm³/mol. The van der Waals surface area contributed by atoms with Crippen molar-refractivity contribution in [1.82, 2.24) is 10.4 Å². The second-order valence-electron chi connectivity index (χ2n) is 3.86. The summed E-state index contributed by atoms with van der Waals surface area (Å²) in [5, 5.41) is 15.6. The van der Waals surface area contributed by atoms with Gasteiger partial charge in [-0.25, -0.2) is 0 Å². The van der Waals surface area contributed by atoms with Gasteiger partial charge in [-0.05, 0) is 25.8 Å². The van der Waals surface area contributed by atoms with Gasteiger partial charge in [-0.2, -0.15) is 5.06 Å². The van der Waals surface area contributed by atoms with Crippen molar-refractivity contribution in [2.45, 2.75) is 45.1 Å². The molecule has 0 saturated carbocycles. The molecule has 0 aromatic heterocycles. The van der Waals surface area contributed by atoms with Crippen molar-refractivity contribution in [2.24, 2.45) is 0 Å². The lowest BCUT2D eigenvalue weighted by molar-refractivity contribution is -0.169. The van der Waals surface area contributed by atoms with Crippen molar-refractivity contribution in [3.63, 3.8) is 0 Å². The van der Waals surface area contributed by atoms with Crippen molar-refractivity contribution in [3.8, 4) is 0 Å². The van der Waals surface area contributed by atoms with Crippen molar-refractivity contribution in [3.05, 3.63) is 0 Å². The zero-order chi connectivity index (χ0) is 9.52. The number of nitrogens with one attached hydrogen (secondary N) is 1. The summed E-state index contributed by atoms with van der Waals surface area (Å²) in [6.45, 7) is 4.77. The Kier molecular flexibility index (Phi) is 5.35. The number of piperidine rings is 1. The molecule has 0 spiro atoms. The maximum atomic E-state index is 10.9. The van der Waals surface area contributed by atoms with E-state index in [1.807, 2.05) is 0 Å². The smallest absolute Gasteiger partial charge is 0.0286 e. The zero-order valence-electron chi connectivity index (χ0n) is 8.59. The van der Waals surface area contributed by atoms with E-state index in [0.29, 0.717) is 19.1 Å². The fraction of sp³-hybridized carbons (Fsp3) is 1.00. The Hall–Kier alpha value is -0.120. The highest BCUT2D eigenvalue weighted by atomic mass is 16.5. The summed E-state index contributed by atoms with van der Waals surface area (Å²) in [6, 6.07) is 0.599. The molecule has 1 fully saturated rings. The molecule has 1 aliphatic heterocycles. The van der Waals surface area contributed by atoms with Crippen LogP contribution in [0, 0.1) is 0 Å². The summed E-state index contributed by atoms with van der Waals surface area (Å²) in [5.74, 6) is 0. The molecule has 0 aliphatic carbocycles. The Bertz CT molecular complexity index is 122. The van der Waals surface area contributed by atoms with E-state index in [4.69, 9.17) is 0 Å². The third-order valence-electron chi connectivity index (χ3n) is 2.67. The molecule has 0 aromatic rings. The van der Waals surface area contributed by atoms with Crippen LogP contribution in [-0.4, -0.2) is 30.7 Å². The Morgan fingerprint density at radius 1 is 1.31 bits per heavy atom. The van der Waals surface area contributed by atoms with Gasteiger partial charge in [-0.3, -0.25) is 0 Å². The van der Waals surface area contributed by atoms with Gasteiger partial charge < -0.3 is 5.32 Å². The standard InChI is InChI=1S/C10H21N2O/c1-2-3-4-7-11-10-5-8-12(13)9-6-10/h10-11H,2-9H2,1H3. The monoisotopic (exact) mass is 185 g/mol. The summed E-state index contributed by atoms with van der Waals surface area (Å²) in [5.41, 5.74) is 0. The third-order valence-corrected chi connectivity index (χ3v) is 2.67. The second kappa shape index (κ2) is 6.35. The SMILES string of the molecule is CCCCCNC1CCN([O])CC1. The molecule has 0 amide bonds. The number of unbranched alkanes of at least 4 members (excludes halogenated alkanes) is 2. The van der Waals surface area contributed by atoms with Crippen LogP contribution in [0.4, 0.5) is 0 Å². The van der Waals surface area contributed by atoms with E-state index in [-0.39, 0.29) is 0 Å². The molecule has 1 aliphatic rings. The normalized spacial score (nSPS) is 20.8. The molecule has 3 heteroatoms.